The van der Waals surface area contributed by atoms with Crippen LogP contribution < -0.4 is 35.4 Å². The maximum absolute atomic E-state index is 12.2. The number of likely N-dealkylation sites (tertiary alicyclic amines) is 1. The Bertz CT molecular complexity index is 1910. The van der Waals surface area contributed by atoms with Gasteiger partial charge in [-0.05, 0) is 94.9 Å². The third-order valence-corrected chi connectivity index (χ3v) is 13.2. The Morgan fingerprint density at radius 1 is 0.732 bits per heavy atom. The normalized spacial score (nSPS) is 23.9. The van der Waals surface area contributed by atoms with Crippen molar-refractivity contribution in [1.82, 2.24) is 21.1 Å². The molecule has 2 aromatic rings. The van der Waals surface area contributed by atoms with Crippen LogP contribution in [0.5, 0.6) is 11.5 Å². The average molecular weight is 793 g/mol. The van der Waals surface area contributed by atoms with E-state index in [9.17, 15) is 14.7 Å². The van der Waals surface area contributed by atoms with Gasteiger partial charge in [0.25, 0.3) is 11.8 Å². The predicted octanol–water partition coefficient (Wildman–Crippen LogP) is 5.23. The van der Waals surface area contributed by atoms with E-state index in [4.69, 9.17) is 9.47 Å². The summed E-state index contributed by atoms with van der Waals surface area (Å²) in [5, 5.41) is 21.0. The molecule has 8 rings (SSSR count). The fourth-order valence-corrected chi connectivity index (χ4v) is 9.08. The number of benzene rings is 2. The summed E-state index contributed by atoms with van der Waals surface area (Å²) in [5.74, 6) is 4.54. The third-order valence-electron chi connectivity index (χ3n) is 13.2. The summed E-state index contributed by atoms with van der Waals surface area (Å²) in [6, 6.07) is 8.19. The van der Waals surface area contributed by atoms with Gasteiger partial charge in [-0.2, -0.15) is 10.2 Å². The number of nitrogens with one attached hydrogen (secondary N) is 3. The number of fused-ring (bicyclic) bond motifs is 6. The number of carbonyl (C=O) groups is 2. The summed E-state index contributed by atoms with van der Waals surface area (Å²) in [5.41, 5.74) is 12.8. The van der Waals surface area contributed by atoms with Crippen LogP contribution in [-0.2, 0) is 9.59 Å². The van der Waals surface area contributed by atoms with Gasteiger partial charge in [-0.25, -0.2) is 10.9 Å². The largest absolute Gasteiger partial charge is 0.483 e. The molecule has 0 saturated carbocycles. The molecule has 0 radical (unpaired) electrons. The molecule has 0 aromatic heterocycles. The van der Waals surface area contributed by atoms with Crippen LogP contribution >= 0.6 is 12.4 Å². The zero-order valence-corrected chi connectivity index (χ0v) is 35.5. The number of amides is 2. The number of ether oxygens (including phenoxy) is 2. The molecule has 306 valence electrons. The summed E-state index contributed by atoms with van der Waals surface area (Å²) in [6.07, 6.45) is 0. The highest BCUT2D eigenvalue weighted by atomic mass is 35.5. The number of aliphatic hydroxyl groups excluding tert-OH is 1. The molecule has 13 nitrogen and oxygen atoms in total. The average Bonchev–Trinajstić information content (AvgIpc) is 3.14. The van der Waals surface area contributed by atoms with E-state index in [1.165, 1.54) is 22.3 Å². The van der Waals surface area contributed by atoms with Crippen molar-refractivity contribution in [3.63, 3.8) is 0 Å². The van der Waals surface area contributed by atoms with Crippen molar-refractivity contribution in [2.24, 2.45) is 21.0 Å². The Hall–Kier alpha value is -3.91. The highest BCUT2D eigenvalue weighted by Gasteiger charge is 2.45. The summed E-state index contributed by atoms with van der Waals surface area (Å²) < 4.78 is 12.0. The number of rotatable bonds is 8. The summed E-state index contributed by atoms with van der Waals surface area (Å²) in [4.78, 5) is 30.7. The lowest BCUT2D eigenvalue weighted by atomic mass is 9.67. The van der Waals surface area contributed by atoms with Gasteiger partial charge in [0.2, 0.25) is 0 Å². The number of anilines is 2. The highest BCUT2D eigenvalue weighted by Crippen LogP contribution is 2.49. The van der Waals surface area contributed by atoms with Crippen LogP contribution in [0.3, 0.4) is 0 Å². The lowest BCUT2D eigenvalue weighted by Gasteiger charge is -2.52. The molecule has 14 heteroatoms. The smallest absolute Gasteiger partial charge is 0.262 e. The van der Waals surface area contributed by atoms with Crippen LogP contribution in [0.4, 0.5) is 11.4 Å². The predicted molar refractivity (Wildman–Crippen MR) is 224 cm³/mol. The zero-order chi connectivity index (χ0) is 39.6. The van der Waals surface area contributed by atoms with Gasteiger partial charge >= 0.3 is 0 Å². The summed E-state index contributed by atoms with van der Waals surface area (Å²) in [6.45, 7) is 27.7. The van der Waals surface area contributed by atoms with E-state index in [1.54, 1.807) is 0 Å². The minimum absolute atomic E-state index is 0. The molecular formula is C42H61ClN8O5. The van der Waals surface area contributed by atoms with Crippen molar-refractivity contribution in [3.05, 3.63) is 46.5 Å². The summed E-state index contributed by atoms with van der Waals surface area (Å²) in [7, 11) is 0. The molecule has 6 aliphatic rings. The first-order chi connectivity index (χ1) is 26.1. The molecule has 2 saturated heterocycles. The second-order valence-corrected chi connectivity index (χ2v) is 17.7. The van der Waals surface area contributed by atoms with Crippen LogP contribution in [0, 0.1) is 10.8 Å². The molecule has 2 aromatic carbocycles. The molecule has 0 unspecified atom stereocenters. The molecule has 0 spiro atoms. The minimum atomic E-state index is -0.322. The molecule has 2 amide bonds. The number of hydrogen-bond acceptors (Lipinski definition) is 11. The molecule has 6 heterocycles. The molecule has 4 N–H and O–H groups in total. The van der Waals surface area contributed by atoms with Crippen LogP contribution in [0.15, 0.2) is 34.5 Å². The number of hydrogen-bond donors (Lipinski definition) is 4. The van der Waals surface area contributed by atoms with Crippen LogP contribution in [-0.4, -0.2) is 98.1 Å². The van der Waals surface area contributed by atoms with Crippen LogP contribution in [0.1, 0.15) is 115 Å². The Morgan fingerprint density at radius 2 is 1.16 bits per heavy atom. The van der Waals surface area contributed by atoms with Gasteiger partial charge in [0.15, 0.2) is 11.7 Å². The van der Waals surface area contributed by atoms with Crippen molar-refractivity contribution in [3.8, 4) is 11.5 Å². The van der Waals surface area contributed by atoms with Crippen molar-refractivity contribution < 1.29 is 24.2 Å². The topological polar surface area (TPSA) is 143 Å². The van der Waals surface area contributed by atoms with E-state index in [0.29, 0.717) is 36.9 Å². The molecule has 0 aliphatic carbocycles. The molecule has 56 heavy (non-hydrogen) atoms. The zero-order valence-electron chi connectivity index (χ0n) is 34.7. The van der Waals surface area contributed by atoms with Crippen LogP contribution in [0.2, 0.25) is 0 Å². The monoisotopic (exact) mass is 792 g/mol. The first kappa shape index (κ1) is 41.7. The number of carbonyl (C=O) groups excluding carboxylic acids is 2. The second kappa shape index (κ2) is 15.8. The van der Waals surface area contributed by atoms with Gasteiger partial charge < -0.3 is 29.7 Å². The molecule has 0 bridgehead atoms. The number of β-amino-alcohol motifs (C(OH)–C–C–N with tert-alkyl or cyclic N) is 1. The molecular weight excluding hydrogens is 732 g/mol. The quantitative estimate of drug-likeness (QED) is 0.283. The fourth-order valence-electron chi connectivity index (χ4n) is 9.08. The van der Waals surface area contributed by atoms with Gasteiger partial charge in [0, 0.05) is 32.7 Å². The van der Waals surface area contributed by atoms with E-state index in [1.807, 2.05) is 23.6 Å². The highest BCUT2D eigenvalue weighted by molar-refractivity contribution is 6.10. The third kappa shape index (κ3) is 7.24. The fraction of sp³-hybridized carbons (Fsp3) is 0.619. The Labute approximate surface area is 338 Å². The van der Waals surface area contributed by atoms with Gasteiger partial charge in [0.05, 0.1) is 18.0 Å². The number of hydrazone groups is 2. The van der Waals surface area contributed by atoms with Crippen molar-refractivity contribution in [1.29, 1.82) is 0 Å². The summed E-state index contributed by atoms with van der Waals surface area (Å²) >= 11 is 0. The van der Waals surface area contributed by atoms with E-state index in [0.717, 1.165) is 67.3 Å². The maximum Gasteiger partial charge on any atom is 0.262 e. The van der Waals surface area contributed by atoms with E-state index < -0.39 is 0 Å². The van der Waals surface area contributed by atoms with Crippen LogP contribution in [0.25, 0.3) is 0 Å². The lowest BCUT2D eigenvalue weighted by Crippen LogP contribution is -2.57. The molecule has 2 fully saturated rings. The first-order valence-electron chi connectivity index (χ1n) is 20.0. The molecule has 4 atom stereocenters. The number of aliphatic hydroxyl groups is 1. The molecule has 6 aliphatic heterocycles. The van der Waals surface area contributed by atoms with E-state index in [2.05, 4.69) is 111 Å². The number of nitrogens with zero attached hydrogens (tertiary/aromatic N) is 5. The standard InChI is InChI=1S/C22H32N4O3.C20H28N4O2.ClH/c1-13(2)16-9-19-18(26-15(4)21(28)24-23-20(26)10-29-19)8-17(16)14(3)22(5)11-25(12-22)6-7-27;1-11(2)14-7-17-16(6-15(14)12(3)20(5)9-21-10-20)24-13(4)19(25)23-22-18(24)8-26-17;/h8-9,13-15,27H,6-7,10-12H2,1-5H3,(H,24,28);6-7,11-13,21H,8-10H2,1-5H3,(H,23,25);1H/t14-,15-;12-,13-;/m11./s1. The van der Waals surface area contributed by atoms with Crippen molar-refractivity contribution >= 4 is 47.3 Å². The van der Waals surface area contributed by atoms with Gasteiger partial charge in [-0.15, -0.1) is 12.4 Å². The maximum atomic E-state index is 12.2. The van der Waals surface area contributed by atoms with E-state index in [-0.39, 0.29) is 53.7 Å². The number of halogens is 1. The minimum Gasteiger partial charge on any atom is -0.483 e. The van der Waals surface area contributed by atoms with Gasteiger partial charge in [-0.1, -0.05) is 55.4 Å². The second-order valence-electron chi connectivity index (χ2n) is 17.7. The van der Waals surface area contributed by atoms with E-state index >= 15 is 0 Å². The SMILES string of the molecule is CC(C)c1cc2c(cc1[C@@H](C)C1(C)CN(CCO)C1)N1C(=NNC(=O)[C@H]1C)CO2.CC(C)c1cc2c(cc1[C@@H](C)C1(C)CNC1)N1C(=NNC(=O)[C@H]1C)CO2.Cl. The van der Waals surface area contributed by atoms with Gasteiger partial charge in [-0.3, -0.25) is 14.5 Å². The Kier molecular flexibility index (Phi) is 11.8. The van der Waals surface area contributed by atoms with Crippen molar-refractivity contribution in [2.45, 2.75) is 105 Å². The first-order valence-corrected chi connectivity index (χ1v) is 20.0. The Morgan fingerprint density at radius 3 is 1.54 bits per heavy atom. The Balaban J connectivity index is 0.000000188. The van der Waals surface area contributed by atoms with Gasteiger partial charge in [0.1, 0.15) is 36.8 Å². The number of amidine groups is 2. The van der Waals surface area contributed by atoms with Crippen molar-refractivity contribution in [2.75, 3.05) is 62.3 Å². The lowest BCUT2D eigenvalue weighted by molar-refractivity contribution is -0.123.